The predicted octanol–water partition coefficient (Wildman–Crippen LogP) is 5.42. The maximum absolute atomic E-state index is 12.6. The third kappa shape index (κ3) is 5.09. The molecule has 3 rings (SSSR count). The minimum atomic E-state index is -0.495. The quantitative estimate of drug-likeness (QED) is 0.171. The molecule has 0 saturated carbocycles. The Labute approximate surface area is 177 Å². The van der Waals surface area contributed by atoms with E-state index in [1.54, 1.807) is 12.1 Å². The fourth-order valence-electron chi connectivity index (χ4n) is 2.79. The SMILES string of the molecule is CCCCOC(=O)c1c(NC(=O)C=Cc2cccc([N+](=O)[O-])c2)sc2ccccc12. The molecule has 1 heterocycles. The van der Waals surface area contributed by atoms with E-state index in [2.05, 4.69) is 5.32 Å². The average molecular weight is 424 g/mol. The number of hydrogen-bond donors (Lipinski definition) is 1. The highest BCUT2D eigenvalue weighted by Gasteiger charge is 2.21. The third-order valence-electron chi connectivity index (χ3n) is 4.28. The molecule has 0 fully saturated rings. The van der Waals surface area contributed by atoms with Crippen LogP contribution in [0.25, 0.3) is 16.2 Å². The van der Waals surface area contributed by atoms with Crippen LogP contribution in [0.4, 0.5) is 10.7 Å². The minimum absolute atomic E-state index is 0.0563. The Morgan fingerprint density at radius 3 is 2.77 bits per heavy atom. The number of rotatable bonds is 8. The Morgan fingerprint density at radius 2 is 2.00 bits per heavy atom. The van der Waals surface area contributed by atoms with Crippen LogP contribution in [-0.4, -0.2) is 23.4 Å². The van der Waals surface area contributed by atoms with E-state index in [9.17, 15) is 19.7 Å². The van der Waals surface area contributed by atoms with E-state index in [1.807, 2.05) is 31.2 Å². The highest BCUT2D eigenvalue weighted by molar-refractivity contribution is 7.23. The largest absolute Gasteiger partial charge is 0.462 e. The summed E-state index contributed by atoms with van der Waals surface area (Å²) in [6, 6.07) is 13.3. The van der Waals surface area contributed by atoms with Gasteiger partial charge in [-0.15, -0.1) is 11.3 Å². The van der Waals surface area contributed by atoms with Crippen LogP contribution in [0.15, 0.2) is 54.6 Å². The van der Waals surface area contributed by atoms with Gasteiger partial charge in [0.2, 0.25) is 5.91 Å². The van der Waals surface area contributed by atoms with Crippen molar-refractivity contribution < 1.29 is 19.2 Å². The van der Waals surface area contributed by atoms with Crippen LogP contribution >= 0.6 is 11.3 Å². The van der Waals surface area contributed by atoms with E-state index in [4.69, 9.17) is 4.74 Å². The highest BCUT2D eigenvalue weighted by atomic mass is 32.1. The number of fused-ring (bicyclic) bond motifs is 1. The minimum Gasteiger partial charge on any atom is -0.462 e. The molecule has 7 nitrogen and oxygen atoms in total. The Hall–Kier alpha value is -3.52. The van der Waals surface area contributed by atoms with Crippen molar-refractivity contribution in [2.75, 3.05) is 11.9 Å². The summed E-state index contributed by atoms with van der Waals surface area (Å²) >= 11 is 1.29. The zero-order valence-electron chi connectivity index (χ0n) is 16.3. The summed E-state index contributed by atoms with van der Waals surface area (Å²) in [6.45, 7) is 2.33. The van der Waals surface area contributed by atoms with Gasteiger partial charge in [-0.25, -0.2) is 4.79 Å². The second kappa shape index (κ2) is 9.80. The summed E-state index contributed by atoms with van der Waals surface area (Å²) in [5.74, 6) is -0.922. The molecule has 0 aliphatic carbocycles. The van der Waals surface area contributed by atoms with Crippen molar-refractivity contribution in [3.8, 4) is 0 Å². The molecule has 0 spiro atoms. The number of nitro benzene ring substituents is 1. The maximum Gasteiger partial charge on any atom is 0.341 e. The number of ether oxygens (including phenoxy) is 1. The monoisotopic (exact) mass is 424 g/mol. The van der Waals surface area contributed by atoms with Crippen LogP contribution < -0.4 is 5.32 Å². The lowest BCUT2D eigenvalue weighted by Crippen LogP contribution is -2.12. The molecule has 0 aliphatic heterocycles. The number of thiophene rings is 1. The summed E-state index contributed by atoms with van der Waals surface area (Å²) in [5, 5.41) is 14.7. The molecule has 1 N–H and O–H groups in total. The number of amides is 1. The molecule has 154 valence electrons. The van der Waals surface area contributed by atoms with Crippen LogP contribution in [0, 0.1) is 10.1 Å². The molecule has 1 amide bonds. The van der Waals surface area contributed by atoms with Crippen LogP contribution in [0.2, 0.25) is 0 Å². The third-order valence-corrected chi connectivity index (χ3v) is 5.36. The van der Waals surface area contributed by atoms with E-state index >= 15 is 0 Å². The Morgan fingerprint density at radius 1 is 1.20 bits per heavy atom. The average Bonchev–Trinajstić information content (AvgIpc) is 3.10. The molecular weight excluding hydrogens is 404 g/mol. The first-order valence-electron chi connectivity index (χ1n) is 9.41. The van der Waals surface area contributed by atoms with Crippen LogP contribution in [-0.2, 0) is 9.53 Å². The molecule has 0 aliphatic rings. The van der Waals surface area contributed by atoms with Crippen molar-refractivity contribution in [2.45, 2.75) is 19.8 Å². The van der Waals surface area contributed by atoms with Gasteiger partial charge in [0.15, 0.2) is 0 Å². The molecule has 0 radical (unpaired) electrons. The van der Waals surface area contributed by atoms with Gasteiger partial charge in [0.1, 0.15) is 10.6 Å². The van der Waals surface area contributed by atoms with Crippen molar-refractivity contribution in [2.24, 2.45) is 0 Å². The molecule has 0 atom stereocenters. The van der Waals surface area contributed by atoms with Gasteiger partial charge >= 0.3 is 5.97 Å². The van der Waals surface area contributed by atoms with E-state index in [1.165, 1.54) is 35.6 Å². The number of hydrogen-bond acceptors (Lipinski definition) is 6. The van der Waals surface area contributed by atoms with E-state index in [0.717, 1.165) is 22.9 Å². The molecule has 2 aromatic carbocycles. The topological polar surface area (TPSA) is 98.5 Å². The molecule has 0 saturated heterocycles. The molecule has 1 aromatic heterocycles. The number of anilines is 1. The van der Waals surface area contributed by atoms with Crippen LogP contribution in [0.5, 0.6) is 0 Å². The zero-order valence-corrected chi connectivity index (χ0v) is 17.1. The fourth-order valence-corrected chi connectivity index (χ4v) is 3.88. The molecule has 0 bridgehead atoms. The number of carbonyl (C=O) groups excluding carboxylic acids is 2. The first-order valence-corrected chi connectivity index (χ1v) is 10.2. The number of nitrogens with zero attached hydrogens (tertiary/aromatic N) is 1. The second-order valence-corrected chi connectivity index (χ2v) is 7.52. The van der Waals surface area contributed by atoms with Crippen LogP contribution in [0.1, 0.15) is 35.7 Å². The standard InChI is InChI=1S/C22H20N2O5S/c1-2-3-13-29-22(26)20-17-9-4-5-10-18(17)30-21(20)23-19(25)12-11-15-7-6-8-16(14-15)24(27)28/h4-12,14H,2-3,13H2,1H3,(H,23,25). The summed E-state index contributed by atoms with van der Waals surface area (Å²) in [5.41, 5.74) is 0.804. The van der Waals surface area contributed by atoms with Gasteiger partial charge in [-0.3, -0.25) is 14.9 Å². The van der Waals surface area contributed by atoms with Crippen molar-refractivity contribution >= 4 is 50.1 Å². The van der Waals surface area contributed by atoms with E-state index in [0.29, 0.717) is 22.7 Å². The number of nitro groups is 1. The lowest BCUT2D eigenvalue weighted by atomic mass is 10.1. The van der Waals surface area contributed by atoms with Gasteiger partial charge in [0, 0.05) is 28.3 Å². The summed E-state index contributed by atoms with van der Waals surface area (Å²) in [4.78, 5) is 35.4. The molecule has 0 unspecified atom stereocenters. The zero-order chi connectivity index (χ0) is 21.5. The molecular formula is C22H20N2O5S. The Balaban J connectivity index is 1.81. The van der Waals surface area contributed by atoms with Crippen molar-refractivity contribution in [3.63, 3.8) is 0 Å². The van der Waals surface area contributed by atoms with E-state index in [-0.39, 0.29) is 5.69 Å². The van der Waals surface area contributed by atoms with Crippen molar-refractivity contribution in [1.29, 1.82) is 0 Å². The lowest BCUT2D eigenvalue weighted by Gasteiger charge is -2.06. The molecule has 8 heteroatoms. The molecule has 30 heavy (non-hydrogen) atoms. The first-order chi connectivity index (χ1) is 14.5. The van der Waals surface area contributed by atoms with Gasteiger partial charge < -0.3 is 10.1 Å². The fraction of sp³-hybridized carbons (Fsp3) is 0.182. The van der Waals surface area contributed by atoms with Gasteiger partial charge in [0.25, 0.3) is 5.69 Å². The van der Waals surface area contributed by atoms with Gasteiger partial charge in [-0.05, 0) is 24.1 Å². The molecule has 3 aromatic rings. The van der Waals surface area contributed by atoms with Gasteiger partial charge in [-0.2, -0.15) is 0 Å². The number of unbranched alkanes of at least 4 members (excludes halogenated alkanes) is 1. The van der Waals surface area contributed by atoms with Gasteiger partial charge in [0.05, 0.1) is 11.5 Å². The first kappa shape index (κ1) is 21.2. The number of esters is 1. The predicted molar refractivity (Wildman–Crippen MR) is 118 cm³/mol. The smallest absolute Gasteiger partial charge is 0.341 e. The number of nitrogens with one attached hydrogen (secondary N) is 1. The maximum atomic E-state index is 12.6. The van der Waals surface area contributed by atoms with Crippen molar-refractivity contribution in [3.05, 3.63) is 75.8 Å². The Bertz CT molecular complexity index is 1120. The number of non-ortho nitro benzene ring substituents is 1. The highest BCUT2D eigenvalue weighted by Crippen LogP contribution is 2.36. The van der Waals surface area contributed by atoms with E-state index < -0.39 is 16.8 Å². The normalized spacial score (nSPS) is 11.0. The Kier molecular flexibility index (Phi) is 6.92. The van der Waals surface area contributed by atoms with Crippen molar-refractivity contribution in [1.82, 2.24) is 0 Å². The second-order valence-electron chi connectivity index (χ2n) is 6.47. The summed E-state index contributed by atoms with van der Waals surface area (Å²) in [7, 11) is 0. The number of carbonyl (C=O) groups is 2. The summed E-state index contributed by atoms with van der Waals surface area (Å²) < 4.78 is 6.22. The number of benzene rings is 2. The summed E-state index contributed by atoms with van der Waals surface area (Å²) in [6.07, 6.45) is 4.43. The van der Waals surface area contributed by atoms with Crippen LogP contribution in [0.3, 0.4) is 0 Å². The lowest BCUT2D eigenvalue weighted by molar-refractivity contribution is -0.384. The van der Waals surface area contributed by atoms with Gasteiger partial charge in [-0.1, -0.05) is 43.7 Å².